The largest absolute Gasteiger partial charge is 0.497 e. The van der Waals surface area contributed by atoms with Gasteiger partial charge in [-0.2, -0.15) is 0 Å². The van der Waals surface area contributed by atoms with E-state index >= 15 is 0 Å². The van der Waals surface area contributed by atoms with E-state index in [-0.39, 0.29) is 40.7 Å². The molecule has 0 aliphatic carbocycles. The maximum atomic E-state index is 12.7. The Morgan fingerprint density at radius 3 is 2.83 bits per heavy atom. The van der Waals surface area contributed by atoms with Crippen molar-refractivity contribution < 1.29 is 22.7 Å². The normalized spacial score (nSPS) is 16.2. The van der Waals surface area contributed by atoms with Gasteiger partial charge in [0.1, 0.15) is 5.75 Å². The van der Waals surface area contributed by atoms with Gasteiger partial charge in [0.05, 0.1) is 23.4 Å². The standard InChI is InChI=1S/C21H24N2O5S2/c1-14-10-21(25)23-18-12-17(6-7-19(18)29-14)30(26,27)9-8-20(24)22-13-15-4-3-5-16(11-15)28-2/h3-7,11-12,14H,8-10,13H2,1-2H3,(H,22,24)(H,23,25). The summed E-state index contributed by atoms with van der Waals surface area (Å²) in [6.45, 7) is 2.24. The van der Waals surface area contributed by atoms with Crippen molar-refractivity contribution in [3.8, 4) is 5.75 Å². The highest BCUT2D eigenvalue weighted by Gasteiger charge is 2.22. The minimum absolute atomic E-state index is 0.0947. The molecule has 0 saturated heterocycles. The number of carbonyl (C=O) groups is 2. The summed E-state index contributed by atoms with van der Waals surface area (Å²) in [7, 11) is -2.10. The second-order valence-corrected chi connectivity index (χ2v) is 10.6. The maximum absolute atomic E-state index is 12.7. The molecule has 2 amide bonds. The van der Waals surface area contributed by atoms with Gasteiger partial charge in [-0.1, -0.05) is 19.1 Å². The van der Waals surface area contributed by atoms with Crippen molar-refractivity contribution in [2.24, 2.45) is 0 Å². The molecule has 1 aliphatic heterocycles. The Morgan fingerprint density at radius 1 is 1.27 bits per heavy atom. The van der Waals surface area contributed by atoms with Gasteiger partial charge in [-0.25, -0.2) is 8.42 Å². The topological polar surface area (TPSA) is 102 Å². The molecule has 30 heavy (non-hydrogen) atoms. The molecule has 0 radical (unpaired) electrons. The van der Waals surface area contributed by atoms with Gasteiger partial charge in [-0.3, -0.25) is 9.59 Å². The van der Waals surface area contributed by atoms with E-state index in [0.717, 1.165) is 10.5 Å². The van der Waals surface area contributed by atoms with Crippen LogP contribution in [0.2, 0.25) is 0 Å². The average molecular weight is 449 g/mol. The van der Waals surface area contributed by atoms with E-state index in [9.17, 15) is 18.0 Å². The fourth-order valence-corrected chi connectivity index (χ4v) is 5.35. The summed E-state index contributed by atoms with van der Waals surface area (Å²) < 4.78 is 30.5. The Kier molecular flexibility index (Phi) is 7.04. The summed E-state index contributed by atoms with van der Waals surface area (Å²) in [6.07, 6.45) is 0.219. The summed E-state index contributed by atoms with van der Waals surface area (Å²) >= 11 is 1.53. The SMILES string of the molecule is COc1cccc(CNC(=O)CCS(=O)(=O)c2ccc3c(c2)NC(=O)CC(C)S3)c1. The molecule has 1 heterocycles. The predicted octanol–water partition coefficient (Wildman–Crippen LogP) is 3.00. The van der Waals surface area contributed by atoms with E-state index in [1.165, 1.54) is 23.9 Å². The van der Waals surface area contributed by atoms with Crippen LogP contribution in [-0.2, 0) is 26.0 Å². The van der Waals surface area contributed by atoms with Gasteiger partial charge in [0, 0.05) is 29.5 Å². The third-order valence-corrected chi connectivity index (χ3v) is 7.50. The first-order valence-electron chi connectivity index (χ1n) is 9.50. The molecule has 1 unspecified atom stereocenters. The van der Waals surface area contributed by atoms with Crippen LogP contribution in [0.25, 0.3) is 0 Å². The lowest BCUT2D eigenvalue weighted by molar-refractivity contribution is -0.121. The van der Waals surface area contributed by atoms with E-state index in [2.05, 4.69) is 10.6 Å². The number of hydrogen-bond acceptors (Lipinski definition) is 6. The second kappa shape index (κ2) is 9.53. The highest BCUT2D eigenvalue weighted by Crippen LogP contribution is 2.36. The van der Waals surface area contributed by atoms with Crippen LogP contribution in [0.3, 0.4) is 0 Å². The number of rotatable bonds is 7. The molecule has 2 N–H and O–H groups in total. The molecule has 1 atom stereocenters. The first kappa shape index (κ1) is 22.2. The van der Waals surface area contributed by atoms with Crippen molar-refractivity contribution in [2.45, 2.75) is 41.4 Å². The zero-order valence-corrected chi connectivity index (χ0v) is 18.4. The summed E-state index contributed by atoms with van der Waals surface area (Å²) in [6, 6.07) is 12.0. The number of carbonyl (C=O) groups excluding carboxylic acids is 2. The molecule has 0 aromatic heterocycles. The van der Waals surface area contributed by atoms with E-state index in [4.69, 9.17) is 4.74 Å². The molecule has 7 nitrogen and oxygen atoms in total. The molecule has 2 aromatic rings. The number of methoxy groups -OCH3 is 1. The van der Waals surface area contributed by atoms with E-state index in [0.29, 0.717) is 17.9 Å². The zero-order chi connectivity index (χ0) is 21.7. The Morgan fingerprint density at radius 2 is 2.07 bits per heavy atom. The highest BCUT2D eigenvalue weighted by atomic mass is 32.2. The summed E-state index contributed by atoms with van der Waals surface area (Å²) in [5.41, 5.74) is 1.36. The number of ether oxygens (including phenoxy) is 1. The molecular formula is C21H24N2O5S2. The Balaban J connectivity index is 1.61. The van der Waals surface area contributed by atoms with Crippen molar-refractivity contribution in [3.63, 3.8) is 0 Å². The zero-order valence-electron chi connectivity index (χ0n) is 16.8. The van der Waals surface area contributed by atoms with Gasteiger partial charge in [-0.05, 0) is 35.9 Å². The number of thioether (sulfide) groups is 1. The molecule has 0 spiro atoms. The van der Waals surface area contributed by atoms with Crippen molar-refractivity contribution in [1.29, 1.82) is 0 Å². The maximum Gasteiger partial charge on any atom is 0.225 e. The fraction of sp³-hybridized carbons (Fsp3) is 0.333. The fourth-order valence-electron chi connectivity index (χ4n) is 3.04. The van der Waals surface area contributed by atoms with Crippen LogP contribution in [0.1, 0.15) is 25.3 Å². The number of benzene rings is 2. The number of amides is 2. The second-order valence-electron chi connectivity index (χ2n) is 7.04. The van der Waals surface area contributed by atoms with Crippen LogP contribution in [0, 0.1) is 0 Å². The molecule has 160 valence electrons. The quantitative estimate of drug-likeness (QED) is 0.675. The molecule has 3 rings (SSSR count). The first-order chi connectivity index (χ1) is 14.3. The van der Waals surface area contributed by atoms with Crippen LogP contribution in [0.15, 0.2) is 52.3 Å². The number of nitrogens with one attached hydrogen (secondary N) is 2. The monoisotopic (exact) mass is 448 g/mol. The van der Waals surface area contributed by atoms with Gasteiger partial charge >= 0.3 is 0 Å². The summed E-state index contributed by atoms with van der Waals surface area (Å²) in [5.74, 6) is -0.117. The lowest BCUT2D eigenvalue weighted by Gasteiger charge is -2.11. The lowest BCUT2D eigenvalue weighted by atomic mass is 10.2. The van der Waals surface area contributed by atoms with Crippen molar-refractivity contribution in [3.05, 3.63) is 48.0 Å². The van der Waals surface area contributed by atoms with E-state index < -0.39 is 9.84 Å². The number of anilines is 1. The van der Waals surface area contributed by atoms with Crippen molar-refractivity contribution in [1.82, 2.24) is 5.32 Å². The van der Waals surface area contributed by atoms with Gasteiger partial charge < -0.3 is 15.4 Å². The average Bonchev–Trinajstić information content (AvgIpc) is 2.86. The van der Waals surface area contributed by atoms with Gasteiger partial charge in [0.15, 0.2) is 9.84 Å². The third kappa shape index (κ3) is 5.76. The summed E-state index contributed by atoms with van der Waals surface area (Å²) in [5, 5.41) is 5.60. The van der Waals surface area contributed by atoms with Crippen molar-refractivity contribution in [2.75, 3.05) is 18.2 Å². The molecule has 2 aromatic carbocycles. The molecule has 9 heteroatoms. The van der Waals surface area contributed by atoms with E-state index in [1.54, 1.807) is 25.3 Å². The van der Waals surface area contributed by atoms with Crippen LogP contribution in [0.5, 0.6) is 5.75 Å². The smallest absolute Gasteiger partial charge is 0.225 e. The predicted molar refractivity (Wildman–Crippen MR) is 117 cm³/mol. The minimum atomic E-state index is -3.67. The van der Waals surface area contributed by atoms with Crippen LogP contribution in [0.4, 0.5) is 5.69 Å². The lowest BCUT2D eigenvalue weighted by Crippen LogP contribution is -2.25. The minimum Gasteiger partial charge on any atom is -0.497 e. The number of hydrogen-bond donors (Lipinski definition) is 2. The van der Waals surface area contributed by atoms with Gasteiger partial charge in [0.25, 0.3) is 0 Å². The Labute approximate surface area is 180 Å². The molecular weight excluding hydrogens is 424 g/mol. The van der Waals surface area contributed by atoms with Crippen LogP contribution < -0.4 is 15.4 Å². The van der Waals surface area contributed by atoms with Gasteiger partial charge in [-0.15, -0.1) is 11.8 Å². The molecule has 0 bridgehead atoms. The third-order valence-electron chi connectivity index (χ3n) is 4.61. The van der Waals surface area contributed by atoms with Crippen LogP contribution in [-0.4, -0.2) is 38.3 Å². The van der Waals surface area contributed by atoms with Crippen LogP contribution >= 0.6 is 11.8 Å². The van der Waals surface area contributed by atoms with Crippen molar-refractivity contribution >= 4 is 39.1 Å². The summed E-state index contributed by atoms with van der Waals surface area (Å²) in [4.78, 5) is 25.0. The van der Waals surface area contributed by atoms with Gasteiger partial charge in [0.2, 0.25) is 11.8 Å². The number of sulfone groups is 1. The Bertz CT molecular complexity index is 1050. The number of fused-ring (bicyclic) bond motifs is 1. The Hall–Kier alpha value is -2.52. The molecule has 0 fully saturated rings. The highest BCUT2D eigenvalue weighted by molar-refractivity contribution is 8.00. The first-order valence-corrected chi connectivity index (χ1v) is 12.0. The molecule has 1 aliphatic rings. The van der Waals surface area contributed by atoms with E-state index in [1.807, 2.05) is 19.1 Å². The molecule has 0 saturated carbocycles.